The molecule has 0 fully saturated rings. The number of ether oxygens (including phenoxy) is 2. The highest BCUT2D eigenvalue weighted by Crippen LogP contribution is 2.29. The number of rotatable bonds is 11. The Balaban J connectivity index is 1.76. The highest BCUT2D eigenvalue weighted by molar-refractivity contribution is 7.99. The summed E-state index contributed by atoms with van der Waals surface area (Å²) in [6, 6.07) is 9.91. The predicted molar refractivity (Wildman–Crippen MR) is 128 cm³/mol. The first-order chi connectivity index (χ1) is 15.4. The van der Waals surface area contributed by atoms with E-state index in [1.165, 1.54) is 11.8 Å². The number of thioether (sulfide) groups is 1. The van der Waals surface area contributed by atoms with Crippen molar-refractivity contribution in [1.29, 1.82) is 0 Å². The van der Waals surface area contributed by atoms with E-state index in [-0.39, 0.29) is 11.8 Å². The summed E-state index contributed by atoms with van der Waals surface area (Å²) in [5, 5.41) is 9.55. The van der Waals surface area contributed by atoms with Gasteiger partial charge in [-0.25, -0.2) is 0 Å². The first-order valence-electron chi connectivity index (χ1n) is 10.8. The number of Topliss-reactive ketones (excluding diaryl/α,β-unsaturated/α-hetero) is 1. The maximum Gasteiger partial charge on any atom is 0.192 e. The first-order valence-corrected chi connectivity index (χ1v) is 11.8. The third kappa shape index (κ3) is 5.24. The summed E-state index contributed by atoms with van der Waals surface area (Å²) < 4.78 is 14.7. The Hall–Kier alpha value is -2.58. The molecular weight excluding hydrogens is 424 g/mol. The van der Waals surface area contributed by atoms with Crippen molar-refractivity contribution in [3.8, 4) is 17.1 Å². The van der Waals surface area contributed by atoms with Crippen LogP contribution in [0.15, 0.2) is 35.5 Å². The molecule has 0 atom stereocenters. The normalized spacial score (nSPS) is 11.3. The molecule has 8 heteroatoms. The average Bonchev–Trinajstić information content (AvgIpc) is 3.34. The summed E-state index contributed by atoms with van der Waals surface area (Å²) in [5.74, 6) is 2.00. The number of aryl methyl sites for hydroxylation is 1. The number of hydrogen-bond acceptors (Lipinski definition) is 6. The van der Waals surface area contributed by atoms with Gasteiger partial charge in [-0.15, -0.1) is 10.2 Å². The molecule has 0 aliphatic rings. The molecule has 1 aromatic carbocycles. The zero-order valence-corrected chi connectivity index (χ0v) is 20.5. The van der Waals surface area contributed by atoms with Crippen LogP contribution in [0, 0.1) is 13.8 Å². The van der Waals surface area contributed by atoms with Crippen molar-refractivity contribution in [3.63, 3.8) is 0 Å². The van der Waals surface area contributed by atoms with Gasteiger partial charge in [0.05, 0.1) is 12.9 Å². The van der Waals surface area contributed by atoms with Crippen molar-refractivity contribution >= 4 is 17.5 Å². The van der Waals surface area contributed by atoms with Crippen LogP contribution in [0.5, 0.6) is 5.75 Å². The zero-order chi connectivity index (χ0) is 23.3. The molecule has 32 heavy (non-hydrogen) atoms. The molecule has 0 aliphatic carbocycles. The van der Waals surface area contributed by atoms with Gasteiger partial charge in [0.2, 0.25) is 0 Å². The Labute approximate surface area is 194 Å². The van der Waals surface area contributed by atoms with Crippen LogP contribution in [0.3, 0.4) is 0 Å². The molecule has 0 N–H and O–H groups in total. The van der Waals surface area contributed by atoms with Crippen molar-refractivity contribution in [2.45, 2.75) is 51.9 Å². The van der Waals surface area contributed by atoms with E-state index < -0.39 is 0 Å². The molecule has 0 saturated heterocycles. The highest BCUT2D eigenvalue weighted by Gasteiger charge is 2.20. The number of carbonyl (C=O) groups excluding carboxylic acids is 1. The topological polar surface area (TPSA) is 71.2 Å². The van der Waals surface area contributed by atoms with Gasteiger partial charge in [0.15, 0.2) is 16.8 Å². The lowest BCUT2D eigenvalue weighted by atomic mass is 10.2. The van der Waals surface area contributed by atoms with Crippen LogP contribution < -0.4 is 4.74 Å². The Morgan fingerprint density at radius 3 is 2.47 bits per heavy atom. The number of aromatic nitrogens is 4. The van der Waals surface area contributed by atoms with Gasteiger partial charge in [-0.05, 0) is 64.4 Å². The fraction of sp³-hybridized carbons (Fsp3) is 0.458. The van der Waals surface area contributed by atoms with Gasteiger partial charge >= 0.3 is 0 Å². The summed E-state index contributed by atoms with van der Waals surface area (Å²) in [5.41, 5.74) is 3.84. The van der Waals surface area contributed by atoms with Crippen molar-refractivity contribution in [2.75, 3.05) is 26.6 Å². The van der Waals surface area contributed by atoms with E-state index in [9.17, 15) is 4.79 Å². The van der Waals surface area contributed by atoms with Crippen molar-refractivity contribution in [1.82, 2.24) is 19.3 Å². The maximum atomic E-state index is 13.0. The van der Waals surface area contributed by atoms with Crippen molar-refractivity contribution in [2.24, 2.45) is 0 Å². The van der Waals surface area contributed by atoms with E-state index in [2.05, 4.69) is 33.2 Å². The minimum atomic E-state index is 0.102. The highest BCUT2D eigenvalue weighted by atomic mass is 32.2. The Morgan fingerprint density at radius 1 is 1.12 bits per heavy atom. The number of hydrogen-bond donors (Lipinski definition) is 0. The van der Waals surface area contributed by atoms with E-state index in [1.807, 2.05) is 44.2 Å². The fourth-order valence-corrected chi connectivity index (χ4v) is 4.73. The van der Waals surface area contributed by atoms with Crippen LogP contribution in [-0.4, -0.2) is 51.7 Å². The minimum Gasteiger partial charge on any atom is -0.497 e. The van der Waals surface area contributed by atoms with Gasteiger partial charge < -0.3 is 14.0 Å². The molecule has 0 amide bonds. The van der Waals surface area contributed by atoms with Gasteiger partial charge in [0.25, 0.3) is 0 Å². The van der Waals surface area contributed by atoms with Crippen LogP contribution >= 0.6 is 11.8 Å². The number of ketones is 1. The fourth-order valence-electron chi connectivity index (χ4n) is 3.78. The van der Waals surface area contributed by atoms with Gasteiger partial charge in [-0.1, -0.05) is 11.8 Å². The van der Waals surface area contributed by atoms with Crippen LogP contribution in [0.25, 0.3) is 11.4 Å². The first kappa shape index (κ1) is 24.1. The summed E-state index contributed by atoms with van der Waals surface area (Å²) in [4.78, 5) is 13.0. The largest absolute Gasteiger partial charge is 0.497 e. The second-order valence-corrected chi connectivity index (χ2v) is 8.94. The number of nitrogens with zero attached hydrogens (tertiary/aromatic N) is 4. The van der Waals surface area contributed by atoms with E-state index in [0.29, 0.717) is 12.4 Å². The third-order valence-corrected chi connectivity index (χ3v) is 6.41. The standard InChI is InChI=1S/C24H32N4O3S/c1-16(2)28-23(19-8-10-20(31-6)11-9-19)25-26-24(28)32-15-22(29)21-14-17(3)27(18(21)4)12-7-13-30-5/h8-11,14,16H,7,12-13,15H2,1-6H3. The van der Waals surface area contributed by atoms with E-state index >= 15 is 0 Å². The molecule has 7 nitrogen and oxygen atoms in total. The lowest BCUT2D eigenvalue weighted by molar-refractivity contribution is 0.102. The number of methoxy groups -OCH3 is 2. The number of benzene rings is 1. The Bertz CT molecular complexity index is 1050. The average molecular weight is 457 g/mol. The third-order valence-electron chi connectivity index (χ3n) is 5.47. The Kier molecular flexibility index (Phi) is 8.15. The number of carbonyl (C=O) groups is 1. The molecule has 0 spiro atoms. The lowest BCUT2D eigenvalue weighted by Gasteiger charge is -2.14. The van der Waals surface area contributed by atoms with Gasteiger partial charge in [-0.2, -0.15) is 0 Å². The monoisotopic (exact) mass is 456 g/mol. The molecule has 0 unspecified atom stereocenters. The smallest absolute Gasteiger partial charge is 0.192 e. The summed E-state index contributed by atoms with van der Waals surface area (Å²) in [6.07, 6.45) is 0.918. The van der Waals surface area contributed by atoms with Crippen molar-refractivity contribution in [3.05, 3.63) is 47.3 Å². The molecule has 3 rings (SSSR count). The van der Waals surface area contributed by atoms with Gasteiger partial charge in [-0.3, -0.25) is 9.36 Å². The molecule has 0 radical (unpaired) electrons. The lowest BCUT2D eigenvalue weighted by Crippen LogP contribution is -2.09. The van der Waals surface area contributed by atoms with Crippen LogP contribution in [0.1, 0.15) is 48.1 Å². The molecule has 2 aromatic heterocycles. The van der Waals surface area contributed by atoms with Gasteiger partial charge in [0, 0.05) is 48.8 Å². The second-order valence-electron chi connectivity index (χ2n) is 7.99. The second kappa shape index (κ2) is 10.8. The summed E-state index contributed by atoms with van der Waals surface area (Å²) >= 11 is 1.43. The zero-order valence-electron chi connectivity index (χ0n) is 19.7. The van der Waals surface area contributed by atoms with E-state index in [1.54, 1.807) is 14.2 Å². The molecular formula is C24H32N4O3S. The van der Waals surface area contributed by atoms with Crippen LogP contribution in [0.4, 0.5) is 0 Å². The minimum absolute atomic E-state index is 0.102. The van der Waals surface area contributed by atoms with E-state index in [0.717, 1.165) is 52.2 Å². The molecule has 3 aromatic rings. The summed E-state index contributed by atoms with van der Waals surface area (Å²) in [7, 11) is 3.35. The van der Waals surface area contributed by atoms with Crippen molar-refractivity contribution < 1.29 is 14.3 Å². The van der Waals surface area contributed by atoms with Gasteiger partial charge in [0.1, 0.15) is 5.75 Å². The summed E-state index contributed by atoms with van der Waals surface area (Å²) in [6.45, 7) is 9.79. The quantitative estimate of drug-likeness (QED) is 0.231. The van der Waals surface area contributed by atoms with Crippen LogP contribution in [-0.2, 0) is 11.3 Å². The maximum absolute atomic E-state index is 13.0. The van der Waals surface area contributed by atoms with Crippen LogP contribution in [0.2, 0.25) is 0 Å². The molecule has 0 saturated carbocycles. The predicted octanol–water partition coefficient (Wildman–Crippen LogP) is 4.96. The molecule has 0 bridgehead atoms. The molecule has 172 valence electrons. The Morgan fingerprint density at radius 2 is 1.84 bits per heavy atom. The SMILES string of the molecule is COCCCn1c(C)cc(C(=O)CSc2nnc(-c3ccc(OC)cc3)n2C(C)C)c1C. The molecule has 2 heterocycles. The van der Waals surface area contributed by atoms with E-state index in [4.69, 9.17) is 9.47 Å². The molecule has 0 aliphatic heterocycles.